The van der Waals surface area contributed by atoms with E-state index in [9.17, 15) is 18.4 Å². The van der Waals surface area contributed by atoms with Crippen molar-refractivity contribution in [2.45, 2.75) is 6.04 Å². The smallest absolute Gasteiger partial charge is 0.262 e. The largest absolute Gasteiger partial charge is 0.357 e. The lowest BCUT2D eigenvalue weighted by molar-refractivity contribution is -0.122. The van der Waals surface area contributed by atoms with Gasteiger partial charge in [-0.15, -0.1) is 11.3 Å². The van der Waals surface area contributed by atoms with Gasteiger partial charge in [0.15, 0.2) is 11.6 Å². The predicted molar refractivity (Wildman–Crippen MR) is 105 cm³/mol. The van der Waals surface area contributed by atoms with E-state index in [0.29, 0.717) is 9.90 Å². The molecule has 2 amide bonds. The molecule has 0 bridgehead atoms. The molecule has 1 heterocycles. The molecule has 0 spiro atoms. The molecule has 2 N–H and O–H groups in total. The summed E-state index contributed by atoms with van der Waals surface area (Å²) in [5.41, 5.74) is 1.04. The van der Waals surface area contributed by atoms with Crippen LogP contribution in [0.3, 0.4) is 0 Å². The second-order valence-electron chi connectivity index (χ2n) is 5.87. The summed E-state index contributed by atoms with van der Waals surface area (Å²) in [7, 11) is 1.39. The van der Waals surface area contributed by atoms with Crippen molar-refractivity contribution in [2.24, 2.45) is 0 Å². The van der Waals surface area contributed by atoms with E-state index in [4.69, 9.17) is 11.6 Å². The minimum Gasteiger partial charge on any atom is -0.357 e. The van der Waals surface area contributed by atoms with Crippen LogP contribution >= 0.6 is 22.9 Å². The molecular weight excluding hydrogens is 406 g/mol. The highest BCUT2D eigenvalue weighted by Gasteiger charge is 2.24. The van der Waals surface area contributed by atoms with Crippen molar-refractivity contribution in [1.29, 1.82) is 0 Å². The van der Waals surface area contributed by atoms with Crippen molar-refractivity contribution in [3.8, 4) is 10.4 Å². The first-order valence-corrected chi connectivity index (χ1v) is 9.41. The molecule has 144 valence electrons. The molecule has 4 nitrogen and oxygen atoms in total. The van der Waals surface area contributed by atoms with Crippen molar-refractivity contribution in [1.82, 2.24) is 10.6 Å². The van der Waals surface area contributed by atoms with Crippen molar-refractivity contribution in [3.05, 3.63) is 81.7 Å². The topological polar surface area (TPSA) is 58.2 Å². The van der Waals surface area contributed by atoms with Crippen LogP contribution in [0.1, 0.15) is 21.3 Å². The van der Waals surface area contributed by atoms with Crippen LogP contribution in [-0.4, -0.2) is 18.9 Å². The van der Waals surface area contributed by atoms with E-state index in [0.717, 1.165) is 22.6 Å². The number of hydrogen-bond acceptors (Lipinski definition) is 3. The standard InChI is InChI=1S/C20H15ClF2N2O2S/c1-24-20(27)18(12-4-7-14(22)15(23)10-12)25-19(26)17-9-8-16(28-17)11-2-5-13(21)6-3-11/h2-10,18H,1H3,(H,24,27)(H,25,26). The predicted octanol–water partition coefficient (Wildman–Crippen LogP) is 4.56. The highest BCUT2D eigenvalue weighted by atomic mass is 35.5. The second-order valence-corrected chi connectivity index (χ2v) is 7.39. The van der Waals surface area contributed by atoms with Gasteiger partial charge in [-0.1, -0.05) is 29.8 Å². The maximum atomic E-state index is 13.6. The fraction of sp³-hybridized carbons (Fsp3) is 0.100. The van der Waals surface area contributed by atoms with E-state index < -0.39 is 29.5 Å². The Kier molecular flexibility index (Phi) is 6.06. The molecule has 3 rings (SSSR count). The van der Waals surface area contributed by atoms with E-state index in [1.807, 2.05) is 12.1 Å². The van der Waals surface area contributed by atoms with Crippen molar-refractivity contribution in [3.63, 3.8) is 0 Å². The zero-order chi connectivity index (χ0) is 20.3. The fourth-order valence-electron chi connectivity index (χ4n) is 2.57. The minimum absolute atomic E-state index is 0.140. The van der Waals surface area contributed by atoms with Crippen molar-refractivity contribution < 1.29 is 18.4 Å². The van der Waals surface area contributed by atoms with E-state index in [1.165, 1.54) is 24.5 Å². The van der Waals surface area contributed by atoms with Crippen LogP contribution in [0.15, 0.2) is 54.6 Å². The van der Waals surface area contributed by atoms with Gasteiger partial charge in [-0.3, -0.25) is 9.59 Å². The van der Waals surface area contributed by atoms with Gasteiger partial charge in [0.1, 0.15) is 6.04 Å². The number of halogens is 3. The SMILES string of the molecule is CNC(=O)C(NC(=O)c1ccc(-c2ccc(Cl)cc2)s1)c1ccc(F)c(F)c1. The minimum atomic E-state index is -1.16. The van der Waals surface area contributed by atoms with Crippen LogP contribution in [0, 0.1) is 11.6 Å². The molecule has 0 aliphatic heterocycles. The Bertz CT molecular complexity index is 1020. The zero-order valence-electron chi connectivity index (χ0n) is 14.6. The first kappa shape index (κ1) is 20.0. The number of carbonyl (C=O) groups excluding carboxylic acids is 2. The molecule has 0 aliphatic rings. The third-order valence-corrected chi connectivity index (χ3v) is 5.40. The first-order chi connectivity index (χ1) is 13.4. The highest BCUT2D eigenvalue weighted by Crippen LogP contribution is 2.29. The average molecular weight is 421 g/mol. The quantitative estimate of drug-likeness (QED) is 0.635. The monoisotopic (exact) mass is 420 g/mol. The van der Waals surface area contributed by atoms with Crippen LogP contribution in [0.25, 0.3) is 10.4 Å². The number of rotatable bonds is 5. The summed E-state index contributed by atoms with van der Waals surface area (Å²) in [6, 6.07) is 12.5. The maximum absolute atomic E-state index is 13.6. The molecule has 8 heteroatoms. The van der Waals surface area contributed by atoms with Crippen molar-refractivity contribution >= 4 is 34.8 Å². The summed E-state index contributed by atoms with van der Waals surface area (Å²) in [5, 5.41) is 5.59. The Morgan fingerprint density at radius 1 is 1.00 bits per heavy atom. The molecule has 0 fully saturated rings. The Morgan fingerprint density at radius 3 is 2.36 bits per heavy atom. The molecule has 1 aromatic heterocycles. The lowest BCUT2D eigenvalue weighted by Gasteiger charge is -2.17. The van der Waals surface area contributed by atoms with Gasteiger partial charge in [0.05, 0.1) is 4.88 Å². The second kappa shape index (κ2) is 8.50. The van der Waals surface area contributed by atoms with Crippen LogP contribution in [0.4, 0.5) is 8.78 Å². The van der Waals surface area contributed by atoms with Gasteiger partial charge in [0.25, 0.3) is 5.91 Å². The molecule has 1 atom stereocenters. The molecule has 0 saturated heterocycles. The van der Waals surface area contributed by atoms with Gasteiger partial charge in [0.2, 0.25) is 5.91 Å². The van der Waals surface area contributed by atoms with E-state index in [1.54, 1.807) is 24.3 Å². The van der Waals surface area contributed by atoms with E-state index in [2.05, 4.69) is 10.6 Å². The van der Waals surface area contributed by atoms with Gasteiger partial charge in [0, 0.05) is 16.9 Å². The summed E-state index contributed by atoms with van der Waals surface area (Å²) >= 11 is 7.13. The Hall–Kier alpha value is -2.77. The number of amides is 2. The van der Waals surface area contributed by atoms with E-state index in [-0.39, 0.29) is 5.56 Å². The van der Waals surface area contributed by atoms with Gasteiger partial charge < -0.3 is 10.6 Å². The van der Waals surface area contributed by atoms with E-state index >= 15 is 0 Å². The lowest BCUT2D eigenvalue weighted by atomic mass is 10.1. The summed E-state index contributed by atoms with van der Waals surface area (Å²) in [6.45, 7) is 0. The van der Waals surface area contributed by atoms with Crippen molar-refractivity contribution in [2.75, 3.05) is 7.05 Å². The molecule has 3 aromatic rings. The summed E-state index contributed by atoms with van der Waals surface area (Å²) in [6.07, 6.45) is 0. The van der Waals surface area contributed by atoms with Gasteiger partial charge >= 0.3 is 0 Å². The molecule has 0 radical (unpaired) electrons. The molecule has 0 saturated carbocycles. The Morgan fingerprint density at radius 2 is 1.71 bits per heavy atom. The fourth-order valence-corrected chi connectivity index (χ4v) is 3.61. The number of carbonyl (C=O) groups is 2. The van der Waals surface area contributed by atoms with Gasteiger partial charge in [-0.25, -0.2) is 8.78 Å². The lowest BCUT2D eigenvalue weighted by Crippen LogP contribution is -2.38. The van der Waals surface area contributed by atoms with Crippen LogP contribution in [0.5, 0.6) is 0 Å². The number of nitrogens with one attached hydrogen (secondary N) is 2. The summed E-state index contributed by atoms with van der Waals surface area (Å²) in [4.78, 5) is 26.0. The molecular formula is C20H15ClF2N2O2S. The average Bonchev–Trinajstić information content (AvgIpc) is 3.18. The zero-order valence-corrected chi connectivity index (χ0v) is 16.2. The number of likely N-dealkylation sites (N-methyl/N-ethyl adjacent to an activating group) is 1. The number of thiophene rings is 1. The summed E-state index contributed by atoms with van der Waals surface area (Å²) in [5.74, 6) is -3.17. The molecule has 2 aromatic carbocycles. The third kappa shape index (κ3) is 4.37. The van der Waals surface area contributed by atoms with Gasteiger partial charge in [-0.05, 0) is 47.5 Å². The maximum Gasteiger partial charge on any atom is 0.262 e. The summed E-state index contributed by atoms with van der Waals surface area (Å²) < 4.78 is 26.8. The molecule has 1 unspecified atom stereocenters. The molecule has 0 aliphatic carbocycles. The Balaban J connectivity index is 1.83. The number of benzene rings is 2. The van der Waals surface area contributed by atoms with Gasteiger partial charge in [-0.2, -0.15) is 0 Å². The highest BCUT2D eigenvalue weighted by molar-refractivity contribution is 7.17. The van der Waals surface area contributed by atoms with Crippen LogP contribution in [-0.2, 0) is 4.79 Å². The van der Waals surface area contributed by atoms with Crippen LogP contribution < -0.4 is 10.6 Å². The normalized spacial score (nSPS) is 11.7. The molecule has 28 heavy (non-hydrogen) atoms. The number of hydrogen-bond donors (Lipinski definition) is 2. The van der Waals surface area contributed by atoms with Crippen LogP contribution in [0.2, 0.25) is 5.02 Å². The first-order valence-electron chi connectivity index (χ1n) is 8.22. The third-order valence-electron chi connectivity index (χ3n) is 4.02. The Labute approximate surface area is 169 Å².